The second kappa shape index (κ2) is 10.6. The molecule has 0 radical (unpaired) electrons. The van der Waals surface area contributed by atoms with Crippen molar-refractivity contribution < 1.29 is 24.4 Å². The number of allylic oxidation sites excluding steroid dienone is 2. The van der Waals surface area contributed by atoms with Crippen molar-refractivity contribution in [3.8, 4) is 0 Å². The van der Waals surface area contributed by atoms with Gasteiger partial charge in [-0.2, -0.15) is 4.58 Å². The maximum atomic E-state index is 13.7. The zero-order valence-electron chi connectivity index (χ0n) is 25.7. The van der Waals surface area contributed by atoms with Gasteiger partial charge in [-0.25, -0.2) is 0 Å². The predicted molar refractivity (Wildman–Crippen MR) is 169 cm³/mol. The SMILES string of the molecule is CN1C(=CC2C(=O)C(=CC3=[N+](CCCCCC(=O)O)c4c(ccc5ccccc45)C3(C)C)C2[O-])C(C)(C)c2ccccc21. The van der Waals surface area contributed by atoms with Crippen molar-refractivity contribution in [2.75, 3.05) is 18.5 Å². The Kier molecular flexibility index (Phi) is 7.16. The van der Waals surface area contributed by atoms with Crippen molar-refractivity contribution in [1.82, 2.24) is 0 Å². The maximum Gasteiger partial charge on any atom is 0.303 e. The summed E-state index contributed by atoms with van der Waals surface area (Å²) in [5, 5.41) is 25.1. The van der Waals surface area contributed by atoms with Crippen LogP contribution >= 0.6 is 0 Å². The van der Waals surface area contributed by atoms with E-state index in [1.165, 1.54) is 11.1 Å². The minimum absolute atomic E-state index is 0.0989. The van der Waals surface area contributed by atoms with Crippen molar-refractivity contribution >= 4 is 39.6 Å². The Morgan fingerprint density at radius 2 is 1.67 bits per heavy atom. The van der Waals surface area contributed by atoms with Gasteiger partial charge < -0.3 is 15.1 Å². The molecule has 6 nitrogen and oxygen atoms in total. The van der Waals surface area contributed by atoms with Crippen LogP contribution in [0, 0.1) is 5.92 Å². The van der Waals surface area contributed by atoms with Crippen LogP contribution in [0.5, 0.6) is 0 Å². The number of aliphatic carboxylic acids is 1. The average molecular weight is 577 g/mol. The molecule has 3 aromatic carbocycles. The van der Waals surface area contributed by atoms with Crippen molar-refractivity contribution in [3.05, 3.63) is 95.2 Å². The molecule has 2 unspecified atom stereocenters. The van der Waals surface area contributed by atoms with Crippen molar-refractivity contribution in [1.29, 1.82) is 0 Å². The number of benzene rings is 3. The Hall–Kier alpha value is -4.03. The summed E-state index contributed by atoms with van der Waals surface area (Å²) in [6.07, 6.45) is 5.03. The molecule has 0 saturated heterocycles. The zero-order valence-corrected chi connectivity index (χ0v) is 25.7. The van der Waals surface area contributed by atoms with E-state index in [4.69, 9.17) is 5.11 Å². The van der Waals surface area contributed by atoms with Crippen molar-refractivity contribution in [2.24, 2.45) is 5.92 Å². The lowest BCUT2D eigenvalue weighted by atomic mass is 9.71. The van der Waals surface area contributed by atoms with Gasteiger partial charge in [0, 0.05) is 54.2 Å². The molecule has 0 spiro atoms. The van der Waals surface area contributed by atoms with Gasteiger partial charge in [0.25, 0.3) is 0 Å². The van der Waals surface area contributed by atoms with Gasteiger partial charge in [0.05, 0.1) is 10.8 Å². The number of nitrogens with zero attached hydrogens (tertiary/aromatic N) is 2. The zero-order chi connectivity index (χ0) is 30.7. The van der Waals surface area contributed by atoms with Crippen LogP contribution in [0.1, 0.15) is 64.5 Å². The van der Waals surface area contributed by atoms with Crippen molar-refractivity contribution in [2.45, 2.75) is 70.3 Å². The summed E-state index contributed by atoms with van der Waals surface area (Å²) in [5.41, 5.74) is 6.17. The Bertz CT molecular complexity index is 1740. The molecule has 1 N–H and O–H groups in total. The number of unbranched alkanes of at least 4 members (excludes halogenated alkanes) is 2. The molecule has 3 aliphatic rings. The fourth-order valence-electron chi connectivity index (χ4n) is 7.36. The number of hydrogen-bond donors (Lipinski definition) is 1. The highest BCUT2D eigenvalue weighted by Gasteiger charge is 2.48. The van der Waals surface area contributed by atoms with Gasteiger partial charge in [-0.1, -0.05) is 74.6 Å². The van der Waals surface area contributed by atoms with Crippen LogP contribution in [0.2, 0.25) is 0 Å². The number of anilines is 1. The van der Waals surface area contributed by atoms with E-state index in [9.17, 15) is 14.7 Å². The summed E-state index contributed by atoms with van der Waals surface area (Å²) in [6, 6.07) is 20.9. The van der Waals surface area contributed by atoms with E-state index in [1.807, 2.05) is 43.5 Å². The third-order valence-electron chi connectivity index (χ3n) is 9.84. The normalized spacial score (nSPS) is 23.7. The van der Waals surface area contributed by atoms with Crippen LogP contribution in [0.4, 0.5) is 11.4 Å². The molecule has 43 heavy (non-hydrogen) atoms. The van der Waals surface area contributed by atoms with Gasteiger partial charge in [0.15, 0.2) is 11.5 Å². The molecular formula is C37H40N2O4. The van der Waals surface area contributed by atoms with E-state index < -0.39 is 23.4 Å². The monoisotopic (exact) mass is 576 g/mol. The number of Topliss-reactive ketones (excluding diaryl/α,β-unsaturated/α-hetero) is 1. The van der Waals surface area contributed by atoms with Crippen molar-refractivity contribution in [3.63, 3.8) is 0 Å². The van der Waals surface area contributed by atoms with Crippen LogP contribution in [0.15, 0.2) is 84.1 Å². The predicted octanol–water partition coefficient (Wildman–Crippen LogP) is 6.03. The topological polar surface area (TPSA) is 83.7 Å². The highest BCUT2D eigenvalue weighted by Crippen LogP contribution is 2.49. The minimum Gasteiger partial charge on any atom is -0.848 e. The molecule has 222 valence electrons. The van der Waals surface area contributed by atoms with Gasteiger partial charge in [0.2, 0.25) is 5.69 Å². The summed E-state index contributed by atoms with van der Waals surface area (Å²) in [6.45, 7) is 9.30. The lowest BCUT2D eigenvalue weighted by Crippen LogP contribution is -2.53. The number of carboxylic acids is 1. The largest absolute Gasteiger partial charge is 0.848 e. The van der Waals surface area contributed by atoms with Crippen LogP contribution in [0.3, 0.4) is 0 Å². The smallest absolute Gasteiger partial charge is 0.303 e. The standard InChI is InChI=1S/C37H40N2O4/c1-36(2)27-15-10-11-16-29(27)38(5)30(36)21-25-34(42)26(35(25)43)22-31-37(3,4)28-19-18-23-13-8-9-14-24(23)33(28)39(31)20-12-6-7-17-32(40)41/h8-11,13-16,18-19,21-22,25,34H,6-7,12,17,20H2,1-5H3,(H,40,41). The molecule has 0 bridgehead atoms. The first-order valence-electron chi connectivity index (χ1n) is 15.3. The minimum atomic E-state index is -1.13. The highest BCUT2D eigenvalue weighted by molar-refractivity contribution is 6.15. The molecule has 2 aliphatic heterocycles. The molecule has 1 fully saturated rings. The highest BCUT2D eigenvalue weighted by atomic mass is 16.4. The number of carbonyl (C=O) groups is 2. The number of carboxylic acid groups (broad SMARTS) is 1. The van der Waals surface area contributed by atoms with Gasteiger partial charge in [-0.3, -0.25) is 9.59 Å². The number of likely N-dealkylation sites (N-methyl/N-ethyl adjacent to an activating group) is 1. The fraction of sp³-hybridized carbons (Fsp3) is 0.378. The summed E-state index contributed by atoms with van der Waals surface area (Å²) >= 11 is 0. The van der Waals surface area contributed by atoms with Gasteiger partial charge in [-0.05, 0) is 55.3 Å². The molecule has 2 heterocycles. The second-order valence-electron chi connectivity index (χ2n) is 13.2. The number of carbonyl (C=O) groups excluding carboxylic acids is 1. The first kappa shape index (κ1) is 29.1. The number of fused-ring (bicyclic) bond motifs is 4. The molecule has 3 aromatic rings. The molecule has 6 heteroatoms. The number of para-hydroxylation sites is 1. The molecule has 0 amide bonds. The fourth-order valence-corrected chi connectivity index (χ4v) is 7.36. The molecule has 1 aliphatic carbocycles. The van der Waals surface area contributed by atoms with E-state index in [0.29, 0.717) is 18.5 Å². The lowest BCUT2D eigenvalue weighted by Gasteiger charge is -2.43. The molecular weight excluding hydrogens is 536 g/mol. The number of rotatable bonds is 8. The molecule has 2 atom stereocenters. The Labute approximate surface area is 253 Å². The first-order valence-corrected chi connectivity index (χ1v) is 15.3. The van der Waals surface area contributed by atoms with Gasteiger partial charge in [-0.15, -0.1) is 0 Å². The van der Waals surface area contributed by atoms with Crippen LogP contribution in [0.25, 0.3) is 10.8 Å². The number of hydrogen-bond acceptors (Lipinski definition) is 4. The molecule has 6 rings (SSSR count). The third-order valence-corrected chi connectivity index (χ3v) is 9.84. The van der Waals surface area contributed by atoms with E-state index in [1.54, 1.807) is 0 Å². The maximum absolute atomic E-state index is 13.7. The van der Waals surface area contributed by atoms with E-state index in [-0.39, 0.29) is 17.6 Å². The Morgan fingerprint density at radius 1 is 0.953 bits per heavy atom. The van der Waals surface area contributed by atoms with E-state index in [2.05, 4.69) is 73.6 Å². The van der Waals surface area contributed by atoms with Crippen LogP contribution < -0.4 is 10.0 Å². The lowest BCUT2D eigenvalue weighted by molar-refractivity contribution is -0.437. The summed E-state index contributed by atoms with van der Waals surface area (Å²) < 4.78 is 2.28. The summed E-state index contributed by atoms with van der Waals surface area (Å²) in [7, 11) is 2.01. The van der Waals surface area contributed by atoms with Gasteiger partial charge >= 0.3 is 5.97 Å². The summed E-state index contributed by atoms with van der Waals surface area (Å²) in [5.74, 6) is -1.57. The Balaban J connectivity index is 1.36. The third kappa shape index (κ3) is 4.63. The average Bonchev–Trinajstić information content (AvgIpc) is 3.32. The molecule has 1 saturated carbocycles. The molecule has 0 aromatic heterocycles. The van der Waals surface area contributed by atoms with Crippen LogP contribution in [-0.4, -0.2) is 46.8 Å². The summed E-state index contributed by atoms with van der Waals surface area (Å²) in [4.78, 5) is 26.8. The second-order valence-corrected chi connectivity index (χ2v) is 13.2. The van der Waals surface area contributed by atoms with E-state index in [0.717, 1.165) is 46.4 Å². The Morgan fingerprint density at radius 3 is 2.40 bits per heavy atom. The van der Waals surface area contributed by atoms with Crippen LogP contribution in [-0.2, 0) is 20.4 Å². The first-order chi connectivity index (χ1) is 20.4. The quantitative estimate of drug-likeness (QED) is 0.201. The van der Waals surface area contributed by atoms with Gasteiger partial charge in [0.1, 0.15) is 6.54 Å². The van der Waals surface area contributed by atoms with E-state index >= 15 is 0 Å². The number of ketones is 1.